The van der Waals surface area contributed by atoms with Crippen molar-refractivity contribution in [1.29, 1.82) is 0 Å². The first-order valence-electron chi connectivity index (χ1n) is 6.25. The number of nitrogens with two attached hydrogens (primary N) is 1. The summed E-state index contributed by atoms with van der Waals surface area (Å²) in [7, 11) is 1.62. The van der Waals surface area contributed by atoms with E-state index in [4.69, 9.17) is 10.5 Å². The zero-order valence-electron chi connectivity index (χ0n) is 11.8. The van der Waals surface area contributed by atoms with Crippen molar-refractivity contribution in [3.05, 3.63) is 29.6 Å². The minimum absolute atomic E-state index is 0. The Hall–Kier alpha value is -1.63. The monoisotopic (exact) mass is 327 g/mol. The lowest BCUT2D eigenvalue weighted by molar-refractivity contribution is -0.119. The number of hydrogen-bond acceptors (Lipinski definition) is 5. The minimum atomic E-state index is -0.228. The van der Waals surface area contributed by atoms with Gasteiger partial charge in [-0.25, -0.2) is 4.98 Å². The van der Waals surface area contributed by atoms with Crippen LogP contribution in [0.5, 0.6) is 5.75 Å². The van der Waals surface area contributed by atoms with E-state index < -0.39 is 0 Å². The molecule has 1 atom stereocenters. The summed E-state index contributed by atoms with van der Waals surface area (Å²) < 4.78 is 5.31. The molecule has 1 aromatic heterocycles. The lowest BCUT2D eigenvalue weighted by Crippen LogP contribution is -2.26. The van der Waals surface area contributed by atoms with E-state index in [9.17, 15) is 4.79 Å². The highest BCUT2D eigenvalue weighted by molar-refractivity contribution is 7.14. The van der Waals surface area contributed by atoms with Gasteiger partial charge in [-0.3, -0.25) is 4.79 Å². The van der Waals surface area contributed by atoms with Crippen molar-refractivity contribution in [2.75, 3.05) is 19.0 Å². The highest BCUT2D eigenvalue weighted by Crippen LogP contribution is 2.31. The number of halogens is 1. The first kappa shape index (κ1) is 17.4. The van der Waals surface area contributed by atoms with Crippen molar-refractivity contribution >= 4 is 34.8 Å². The van der Waals surface area contributed by atoms with Gasteiger partial charge >= 0.3 is 0 Å². The second-order valence-corrected chi connectivity index (χ2v) is 5.22. The van der Waals surface area contributed by atoms with Gasteiger partial charge < -0.3 is 15.8 Å². The van der Waals surface area contributed by atoms with E-state index in [1.165, 1.54) is 11.3 Å². The molecular weight excluding hydrogens is 310 g/mol. The summed E-state index contributed by atoms with van der Waals surface area (Å²) >= 11 is 1.38. The molecule has 0 aliphatic carbocycles. The molecule has 0 saturated carbocycles. The number of carbonyl (C=O) groups excluding carboxylic acids is 1. The molecule has 0 aliphatic rings. The number of para-hydroxylation sites is 1. The van der Waals surface area contributed by atoms with Crippen LogP contribution in [0, 0.1) is 5.92 Å². The van der Waals surface area contributed by atoms with Crippen molar-refractivity contribution in [3.63, 3.8) is 0 Å². The van der Waals surface area contributed by atoms with E-state index in [1.807, 2.05) is 29.6 Å². The van der Waals surface area contributed by atoms with E-state index in [2.05, 4.69) is 10.3 Å². The molecule has 5 nitrogen and oxygen atoms in total. The van der Waals surface area contributed by atoms with Gasteiger partial charge in [-0.1, -0.05) is 19.1 Å². The van der Waals surface area contributed by atoms with Gasteiger partial charge in [0, 0.05) is 23.4 Å². The van der Waals surface area contributed by atoms with Crippen molar-refractivity contribution < 1.29 is 9.53 Å². The summed E-state index contributed by atoms with van der Waals surface area (Å²) in [6.45, 7) is 2.10. The van der Waals surface area contributed by atoms with Crippen LogP contribution in [0.15, 0.2) is 29.6 Å². The Morgan fingerprint density at radius 1 is 1.48 bits per heavy atom. The fraction of sp³-hybridized carbons (Fsp3) is 0.286. The van der Waals surface area contributed by atoms with Gasteiger partial charge in [0.2, 0.25) is 5.91 Å². The normalized spacial score (nSPS) is 11.4. The average Bonchev–Trinajstić information content (AvgIpc) is 2.94. The van der Waals surface area contributed by atoms with Crippen LogP contribution in [0.3, 0.4) is 0 Å². The summed E-state index contributed by atoms with van der Waals surface area (Å²) in [5, 5.41) is 5.22. The maximum Gasteiger partial charge on any atom is 0.230 e. The second kappa shape index (κ2) is 7.97. The van der Waals surface area contributed by atoms with E-state index in [0.717, 1.165) is 17.0 Å². The molecule has 1 amide bonds. The number of anilines is 1. The average molecular weight is 328 g/mol. The Balaban J connectivity index is 0.00000220. The van der Waals surface area contributed by atoms with Crippen LogP contribution in [0.4, 0.5) is 5.13 Å². The number of aromatic nitrogens is 1. The number of thiazole rings is 1. The molecule has 7 heteroatoms. The molecule has 1 unspecified atom stereocenters. The van der Waals surface area contributed by atoms with E-state index in [1.54, 1.807) is 14.0 Å². The summed E-state index contributed by atoms with van der Waals surface area (Å²) in [5.41, 5.74) is 7.15. The molecule has 2 rings (SSSR count). The minimum Gasteiger partial charge on any atom is -0.496 e. The summed E-state index contributed by atoms with van der Waals surface area (Å²) in [6, 6.07) is 7.64. The highest BCUT2D eigenvalue weighted by Gasteiger charge is 2.14. The molecular formula is C14H18ClN3O2S. The largest absolute Gasteiger partial charge is 0.496 e. The Bertz CT molecular complexity index is 603. The van der Waals surface area contributed by atoms with Crippen LogP contribution in [0.25, 0.3) is 11.3 Å². The molecule has 0 bridgehead atoms. The van der Waals surface area contributed by atoms with Crippen molar-refractivity contribution in [1.82, 2.24) is 4.98 Å². The fourth-order valence-corrected chi connectivity index (χ4v) is 2.36. The number of nitrogens with one attached hydrogen (secondary N) is 1. The number of ether oxygens (including phenoxy) is 1. The van der Waals surface area contributed by atoms with Gasteiger partial charge in [-0.05, 0) is 12.1 Å². The number of hydrogen-bond donors (Lipinski definition) is 2. The van der Waals surface area contributed by atoms with Gasteiger partial charge in [0.25, 0.3) is 0 Å². The topological polar surface area (TPSA) is 77.2 Å². The molecule has 0 saturated heterocycles. The Labute approximate surface area is 133 Å². The Kier molecular flexibility index (Phi) is 6.61. The first-order valence-corrected chi connectivity index (χ1v) is 7.13. The molecule has 21 heavy (non-hydrogen) atoms. The molecule has 2 aromatic rings. The van der Waals surface area contributed by atoms with Gasteiger partial charge in [0.15, 0.2) is 5.13 Å². The third-order valence-corrected chi connectivity index (χ3v) is 3.68. The third kappa shape index (κ3) is 4.17. The SMILES string of the molecule is COc1ccccc1-c1csc(NC(=O)C(C)CN)n1.Cl. The number of amides is 1. The molecule has 0 radical (unpaired) electrons. The van der Waals surface area contributed by atoms with Crippen molar-refractivity contribution in [2.24, 2.45) is 11.7 Å². The third-order valence-electron chi connectivity index (χ3n) is 2.92. The van der Waals surface area contributed by atoms with Crippen molar-refractivity contribution in [2.45, 2.75) is 6.92 Å². The second-order valence-electron chi connectivity index (χ2n) is 4.36. The molecule has 0 spiro atoms. The van der Waals surface area contributed by atoms with Crippen LogP contribution >= 0.6 is 23.7 Å². The number of benzene rings is 1. The molecule has 114 valence electrons. The maximum absolute atomic E-state index is 11.8. The zero-order chi connectivity index (χ0) is 14.5. The van der Waals surface area contributed by atoms with Crippen LogP contribution in [-0.4, -0.2) is 24.5 Å². The van der Waals surface area contributed by atoms with Crippen LogP contribution in [-0.2, 0) is 4.79 Å². The quantitative estimate of drug-likeness (QED) is 0.885. The molecule has 0 fully saturated rings. The van der Waals surface area contributed by atoms with E-state index in [0.29, 0.717) is 11.7 Å². The summed E-state index contributed by atoms with van der Waals surface area (Å²) in [6.07, 6.45) is 0. The summed E-state index contributed by atoms with van der Waals surface area (Å²) in [5.74, 6) is 0.410. The summed E-state index contributed by atoms with van der Waals surface area (Å²) in [4.78, 5) is 16.2. The van der Waals surface area contributed by atoms with Gasteiger partial charge in [-0.2, -0.15) is 0 Å². The number of nitrogens with zero attached hydrogens (tertiary/aromatic N) is 1. The van der Waals surface area contributed by atoms with Crippen LogP contribution < -0.4 is 15.8 Å². The van der Waals surface area contributed by atoms with Gasteiger partial charge in [-0.15, -0.1) is 23.7 Å². The molecule has 1 heterocycles. The van der Waals surface area contributed by atoms with Crippen molar-refractivity contribution in [3.8, 4) is 17.0 Å². The predicted molar refractivity (Wildman–Crippen MR) is 88.2 cm³/mol. The first-order chi connectivity index (χ1) is 9.65. The van der Waals surface area contributed by atoms with Crippen LogP contribution in [0.2, 0.25) is 0 Å². The number of carbonyl (C=O) groups is 1. The smallest absolute Gasteiger partial charge is 0.230 e. The predicted octanol–water partition coefficient (Wildman–Crippen LogP) is 2.77. The van der Waals surface area contributed by atoms with Gasteiger partial charge in [0.1, 0.15) is 5.75 Å². The fourth-order valence-electron chi connectivity index (χ4n) is 1.65. The highest BCUT2D eigenvalue weighted by atomic mass is 35.5. The lowest BCUT2D eigenvalue weighted by Gasteiger charge is -2.07. The maximum atomic E-state index is 11.8. The van der Waals surface area contributed by atoms with E-state index >= 15 is 0 Å². The molecule has 3 N–H and O–H groups in total. The Morgan fingerprint density at radius 3 is 2.86 bits per heavy atom. The van der Waals surface area contributed by atoms with E-state index in [-0.39, 0.29) is 24.2 Å². The number of rotatable bonds is 5. The molecule has 0 aliphatic heterocycles. The van der Waals surface area contributed by atoms with Gasteiger partial charge in [0.05, 0.1) is 12.8 Å². The number of methoxy groups -OCH3 is 1. The zero-order valence-corrected chi connectivity index (χ0v) is 13.5. The lowest BCUT2D eigenvalue weighted by atomic mass is 10.1. The Morgan fingerprint density at radius 2 is 2.19 bits per heavy atom. The molecule has 1 aromatic carbocycles. The standard InChI is InChI=1S/C14H17N3O2S.ClH/c1-9(7-15)13(18)17-14-16-11(8-20-14)10-5-3-4-6-12(10)19-2;/h3-6,8-9H,7,15H2,1-2H3,(H,16,17,18);1H. The van der Waals surface area contributed by atoms with Crippen LogP contribution in [0.1, 0.15) is 6.92 Å².